The molecule has 132 valence electrons. The number of aromatic nitrogens is 2. The molecule has 1 aromatic heterocycles. The number of nitrogens with zero attached hydrogens (tertiary/aromatic N) is 2. The standard InChI is InChI=1S/C17H20N4O4/c1-3-25-17(23)12-4-6-13(7-5-12)21-15-10-14(19-11-20-15)16(22)18-8-9-24-2/h4-7,10-11H,3,8-9H2,1-2H3,(H,18,22)(H,19,20,21). The Kier molecular flexibility index (Phi) is 6.85. The molecule has 0 radical (unpaired) electrons. The quantitative estimate of drug-likeness (QED) is 0.556. The van der Waals surface area contributed by atoms with Crippen LogP contribution in [0.25, 0.3) is 0 Å². The second-order valence-corrected chi connectivity index (χ2v) is 4.96. The maximum Gasteiger partial charge on any atom is 0.338 e. The molecule has 0 fully saturated rings. The van der Waals surface area contributed by atoms with Crippen molar-refractivity contribution in [2.24, 2.45) is 0 Å². The summed E-state index contributed by atoms with van der Waals surface area (Å²) >= 11 is 0. The highest BCUT2D eigenvalue weighted by Crippen LogP contribution is 2.16. The van der Waals surface area contributed by atoms with Crippen LogP contribution in [0.3, 0.4) is 0 Å². The Labute approximate surface area is 145 Å². The summed E-state index contributed by atoms with van der Waals surface area (Å²) in [4.78, 5) is 31.6. The molecule has 0 atom stereocenters. The first kappa shape index (κ1) is 18.3. The molecule has 0 bridgehead atoms. The van der Waals surface area contributed by atoms with Crippen LogP contribution in [-0.4, -0.2) is 48.7 Å². The Hall–Kier alpha value is -3.00. The third-order valence-electron chi connectivity index (χ3n) is 3.16. The molecule has 0 spiro atoms. The lowest BCUT2D eigenvalue weighted by Gasteiger charge is -2.08. The van der Waals surface area contributed by atoms with Crippen LogP contribution in [0.5, 0.6) is 0 Å². The van der Waals surface area contributed by atoms with Gasteiger partial charge in [-0.1, -0.05) is 0 Å². The predicted octanol–water partition coefficient (Wildman–Crippen LogP) is 1.77. The number of rotatable bonds is 8. The van der Waals surface area contributed by atoms with Gasteiger partial charge in [0.15, 0.2) is 0 Å². The smallest absolute Gasteiger partial charge is 0.338 e. The summed E-state index contributed by atoms with van der Waals surface area (Å²) in [6.45, 7) is 2.91. The van der Waals surface area contributed by atoms with Crippen LogP contribution in [0.2, 0.25) is 0 Å². The van der Waals surface area contributed by atoms with Gasteiger partial charge in [0.2, 0.25) is 0 Å². The van der Waals surface area contributed by atoms with Gasteiger partial charge in [-0.25, -0.2) is 14.8 Å². The summed E-state index contributed by atoms with van der Waals surface area (Å²) in [5.74, 6) is -0.206. The summed E-state index contributed by atoms with van der Waals surface area (Å²) in [5, 5.41) is 5.75. The molecule has 2 aromatic rings. The van der Waals surface area contributed by atoms with E-state index in [0.717, 1.165) is 5.69 Å². The van der Waals surface area contributed by atoms with Gasteiger partial charge in [0.25, 0.3) is 5.91 Å². The molecule has 0 aliphatic heterocycles. The fourth-order valence-corrected chi connectivity index (χ4v) is 1.96. The number of hydrogen-bond acceptors (Lipinski definition) is 7. The second kappa shape index (κ2) is 9.33. The number of methoxy groups -OCH3 is 1. The Bertz CT molecular complexity index is 719. The van der Waals surface area contributed by atoms with Crippen LogP contribution in [0.4, 0.5) is 11.5 Å². The minimum absolute atomic E-state index is 0.247. The molecule has 8 nitrogen and oxygen atoms in total. The van der Waals surface area contributed by atoms with Crippen LogP contribution in [0, 0.1) is 0 Å². The summed E-state index contributed by atoms with van der Waals surface area (Å²) in [6.07, 6.45) is 1.31. The van der Waals surface area contributed by atoms with Crippen molar-refractivity contribution in [1.29, 1.82) is 0 Å². The van der Waals surface area contributed by atoms with Gasteiger partial charge in [-0.3, -0.25) is 4.79 Å². The lowest BCUT2D eigenvalue weighted by molar-refractivity contribution is 0.0526. The largest absolute Gasteiger partial charge is 0.462 e. The summed E-state index contributed by atoms with van der Waals surface area (Å²) in [7, 11) is 1.56. The fraction of sp³-hybridized carbons (Fsp3) is 0.294. The topological polar surface area (TPSA) is 102 Å². The van der Waals surface area contributed by atoms with Gasteiger partial charge in [-0.15, -0.1) is 0 Å². The minimum Gasteiger partial charge on any atom is -0.462 e. The predicted molar refractivity (Wildman–Crippen MR) is 91.9 cm³/mol. The second-order valence-electron chi connectivity index (χ2n) is 4.96. The molecule has 0 aliphatic rings. The van der Waals surface area contributed by atoms with Gasteiger partial charge in [0, 0.05) is 25.4 Å². The molecule has 1 aromatic carbocycles. The maximum absolute atomic E-state index is 12.0. The van der Waals surface area contributed by atoms with Crippen LogP contribution < -0.4 is 10.6 Å². The minimum atomic E-state index is -0.369. The zero-order chi connectivity index (χ0) is 18.1. The summed E-state index contributed by atoms with van der Waals surface area (Å²) in [5.41, 5.74) is 1.43. The van der Waals surface area contributed by atoms with E-state index in [9.17, 15) is 9.59 Å². The number of hydrogen-bond donors (Lipinski definition) is 2. The average molecular weight is 344 g/mol. The maximum atomic E-state index is 12.0. The molecular weight excluding hydrogens is 324 g/mol. The molecule has 25 heavy (non-hydrogen) atoms. The lowest BCUT2D eigenvalue weighted by Crippen LogP contribution is -2.27. The number of carbonyl (C=O) groups excluding carboxylic acids is 2. The number of nitrogens with one attached hydrogen (secondary N) is 2. The number of carbonyl (C=O) groups is 2. The number of ether oxygens (including phenoxy) is 2. The van der Waals surface area contributed by atoms with Crippen molar-refractivity contribution in [3.05, 3.63) is 47.9 Å². The highest BCUT2D eigenvalue weighted by Gasteiger charge is 2.09. The molecule has 0 unspecified atom stereocenters. The SMILES string of the molecule is CCOC(=O)c1ccc(Nc2cc(C(=O)NCCOC)ncn2)cc1. The van der Waals surface area contributed by atoms with Gasteiger partial charge in [0.1, 0.15) is 17.8 Å². The van der Waals surface area contributed by atoms with Crippen molar-refractivity contribution in [1.82, 2.24) is 15.3 Å². The van der Waals surface area contributed by atoms with Crippen molar-refractivity contribution < 1.29 is 19.1 Å². The molecule has 1 amide bonds. The Morgan fingerprint density at radius 2 is 1.92 bits per heavy atom. The Morgan fingerprint density at radius 1 is 1.16 bits per heavy atom. The molecular formula is C17H20N4O4. The van der Waals surface area contributed by atoms with E-state index in [1.165, 1.54) is 6.33 Å². The van der Waals surface area contributed by atoms with Crippen LogP contribution in [0.15, 0.2) is 36.7 Å². The van der Waals surface area contributed by atoms with Crippen LogP contribution in [-0.2, 0) is 9.47 Å². The molecule has 1 heterocycles. The zero-order valence-corrected chi connectivity index (χ0v) is 14.1. The van der Waals surface area contributed by atoms with E-state index in [1.54, 1.807) is 44.4 Å². The van der Waals surface area contributed by atoms with Crippen molar-refractivity contribution in [2.45, 2.75) is 6.92 Å². The molecule has 0 aliphatic carbocycles. The molecule has 2 rings (SSSR count). The van der Waals surface area contributed by atoms with E-state index >= 15 is 0 Å². The van der Waals surface area contributed by atoms with Crippen LogP contribution >= 0.6 is 0 Å². The Morgan fingerprint density at radius 3 is 2.60 bits per heavy atom. The van der Waals surface area contributed by atoms with Gasteiger partial charge >= 0.3 is 5.97 Å². The first-order chi connectivity index (χ1) is 12.1. The van der Waals surface area contributed by atoms with E-state index < -0.39 is 0 Å². The van der Waals surface area contributed by atoms with Gasteiger partial charge in [-0.05, 0) is 31.2 Å². The molecule has 0 saturated heterocycles. The third kappa shape index (κ3) is 5.54. The number of esters is 1. The summed E-state index contributed by atoms with van der Waals surface area (Å²) < 4.78 is 9.81. The highest BCUT2D eigenvalue weighted by atomic mass is 16.5. The number of amides is 1. The first-order valence-electron chi connectivity index (χ1n) is 7.77. The summed E-state index contributed by atoms with van der Waals surface area (Å²) in [6, 6.07) is 8.31. The average Bonchev–Trinajstić information content (AvgIpc) is 2.63. The molecule has 0 saturated carbocycles. The van der Waals surface area contributed by atoms with Crippen LogP contribution in [0.1, 0.15) is 27.8 Å². The monoisotopic (exact) mass is 344 g/mol. The molecule has 2 N–H and O–H groups in total. The van der Waals surface area contributed by atoms with Crippen molar-refractivity contribution >= 4 is 23.4 Å². The third-order valence-corrected chi connectivity index (χ3v) is 3.16. The van der Waals surface area contributed by atoms with Gasteiger partial charge in [0.05, 0.1) is 18.8 Å². The zero-order valence-electron chi connectivity index (χ0n) is 14.1. The van der Waals surface area contributed by atoms with E-state index in [1.807, 2.05) is 0 Å². The normalized spacial score (nSPS) is 10.2. The van der Waals surface area contributed by atoms with E-state index in [4.69, 9.17) is 9.47 Å². The fourth-order valence-electron chi connectivity index (χ4n) is 1.96. The lowest BCUT2D eigenvalue weighted by atomic mass is 10.2. The highest BCUT2D eigenvalue weighted by molar-refractivity contribution is 5.93. The van der Waals surface area contributed by atoms with E-state index in [2.05, 4.69) is 20.6 Å². The Balaban J connectivity index is 2.01. The van der Waals surface area contributed by atoms with E-state index in [0.29, 0.717) is 31.1 Å². The van der Waals surface area contributed by atoms with Crippen molar-refractivity contribution in [2.75, 3.05) is 32.2 Å². The van der Waals surface area contributed by atoms with Gasteiger partial charge in [-0.2, -0.15) is 0 Å². The van der Waals surface area contributed by atoms with E-state index in [-0.39, 0.29) is 17.6 Å². The van der Waals surface area contributed by atoms with Gasteiger partial charge < -0.3 is 20.1 Å². The van der Waals surface area contributed by atoms with Crippen molar-refractivity contribution in [3.8, 4) is 0 Å². The number of benzene rings is 1. The van der Waals surface area contributed by atoms with Crippen molar-refractivity contribution in [3.63, 3.8) is 0 Å². The first-order valence-corrected chi connectivity index (χ1v) is 7.77. The number of anilines is 2. The molecule has 8 heteroatoms.